The number of rotatable bonds is 7. The van der Waals surface area contributed by atoms with Crippen LogP contribution in [-0.2, 0) is 10.5 Å². The SMILES string of the molecule is COC(=O)c1ccc(-c2nc(CSc3nnc(-c4ccccc4F)n3C3CC3)cs2)cc1. The predicted molar refractivity (Wildman–Crippen MR) is 122 cm³/mol. The third kappa shape index (κ3) is 4.18. The minimum Gasteiger partial charge on any atom is -0.465 e. The molecule has 4 aromatic rings. The molecule has 9 heteroatoms. The Hall–Kier alpha value is -3.04. The Morgan fingerprint density at radius 3 is 2.69 bits per heavy atom. The molecular formula is C23H19FN4O2S2. The van der Waals surface area contributed by atoms with Crippen LogP contribution in [0.25, 0.3) is 22.0 Å². The van der Waals surface area contributed by atoms with Crippen molar-refractivity contribution in [3.8, 4) is 22.0 Å². The number of thioether (sulfide) groups is 1. The number of aromatic nitrogens is 4. The van der Waals surface area contributed by atoms with Crippen LogP contribution in [0, 0.1) is 5.82 Å². The van der Waals surface area contributed by atoms with E-state index in [4.69, 9.17) is 9.72 Å². The van der Waals surface area contributed by atoms with Crippen LogP contribution in [0.5, 0.6) is 0 Å². The van der Waals surface area contributed by atoms with Gasteiger partial charge in [0.15, 0.2) is 11.0 Å². The quantitative estimate of drug-likeness (QED) is 0.260. The average Bonchev–Trinajstić information content (AvgIpc) is 3.39. The summed E-state index contributed by atoms with van der Waals surface area (Å²) in [6.07, 6.45) is 2.10. The van der Waals surface area contributed by atoms with Crippen molar-refractivity contribution in [2.75, 3.05) is 7.11 Å². The second-order valence-electron chi connectivity index (χ2n) is 7.39. The number of nitrogens with zero attached hydrogens (tertiary/aromatic N) is 4. The number of ether oxygens (including phenoxy) is 1. The number of thiazole rings is 1. The summed E-state index contributed by atoms with van der Waals surface area (Å²) < 4.78 is 21.1. The summed E-state index contributed by atoms with van der Waals surface area (Å²) in [4.78, 5) is 16.3. The minimum absolute atomic E-state index is 0.291. The van der Waals surface area contributed by atoms with Crippen molar-refractivity contribution in [2.24, 2.45) is 0 Å². The number of carbonyl (C=O) groups is 1. The molecule has 6 nitrogen and oxygen atoms in total. The zero-order valence-corrected chi connectivity index (χ0v) is 18.8. The van der Waals surface area contributed by atoms with E-state index in [-0.39, 0.29) is 11.8 Å². The molecule has 2 aromatic carbocycles. The van der Waals surface area contributed by atoms with Crippen LogP contribution in [0.2, 0.25) is 0 Å². The topological polar surface area (TPSA) is 69.9 Å². The molecule has 1 aliphatic carbocycles. The van der Waals surface area contributed by atoms with Crippen LogP contribution < -0.4 is 0 Å². The molecule has 0 bridgehead atoms. The van der Waals surface area contributed by atoms with Crippen LogP contribution in [0.4, 0.5) is 4.39 Å². The highest BCUT2D eigenvalue weighted by Crippen LogP contribution is 2.42. The van der Waals surface area contributed by atoms with Gasteiger partial charge in [-0.1, -0.05) is 36.0 Å². The fraction of sp³-hybridized carbons (Fsp3) is 0.217. The van der Waals surface area contributed by atoms with E-state index in [1.54, 1.807) is 47.4 Å². The van der Waals surface area contributed by atoms with Crippen molar-refractivity contribution < 1.29 is 13.9 Å². The molecule has 1 aliphatic rings. The normalized spacial score (nSPS) is 13.3. The van der Waals surface area contributed by atoms with Gasteiger partial charge in [-0.2, -0.15) is 0 Å². The molecular weight excluding hydrogens is 447 g/mol. The fourth-order valence-corrected chi connectivity index (χ4v) is 5.20. The third-order valence-corrected chi connectivity index (χ3v) is 7.06. The first-order chi connectivity index (χ1) is 15.6. The second-order valence-corrected chi connectivity index (χ2v) is 9.19. The first-order valence-corrected chi connectivity index (χ1v) is 12.0. The van der Waals surface area contributed by atoms with Gasteiger partial charge in [0, 0.05) is 22.7 Å². The van der Waals surface area contributed by atoms with Gasteiger partial charge in [-0.25, -0.2) is 14.2 Å². The van der Waals surface area contributed by atoms with E-state index in [1.807, 2.05) is 23.6 Å². The number of benzene rings is 2. The fourth-order valence-electron chi connectivity index (χ4n) is 3.37. The van der Waals surface area contributed by atoms with Gasteiger partial charge < -0.3 is 4.74 Å². The van der Waals surface area contributed by atoms with Crippen molar-refractivity contribution in [3.05, 3.63) is 71.0 Å². The molecule has 0 aliphatic heterocycles. The van der Waals surface area contributed by atoms with Crippen LogP contribution in [0.3, 0.4) is 0 Å². The Balaban J connectivity index is 1.32. The first-order valence-electron chi connectivity index (χ1n) is 10.1. The lowest BCUT2D eigenvalue weighted by Gasteiger charge is -2.09. The van der Waals surface area contributed by atoms with E-state index in [0.29, 0.717) is 28.7 Å². The monoisotopic (exact) mass is 466 g/mol. The molecule has 1 saturated carbocycles. The summed E-state index contributed by atoms with van der Waals surface area (Å²) >= 11 is 3.11. The number of hydrogen-bond donors (Lipinski definition) is 0. The van der Waals surface area contributed by atoms with Crippen molar-refractivity contribution in [2.45, 2.75) is 29.8 Å². The molecule has 2 heterocycles. The Labute approximate surface area is 192 Å². The van der Waals surface area contributed by atoms with Gasteiger partial charge >= 0.3 is 5.97 Å². The van der Waals surface area contributed by atoms with Gasteiger partial charge in [-0.05, 0) is 37.1 Å². The number of halogens is 1. The van der Waals surface area contributed by atoms with E-state index in [9.17, 15) is 9.18 Å². The van der Waals surface area contributed by atoms with Crippen molar-refractivity contribution in [3.63, 3.8) is 0 Å². The molecule has 0 radical (unpaired) electrons. The Bertz CT molecular complexity index is 1270. The summed E-state index contributed by atoms with van der Waals surface area (Å²) in [5, 5.41) is 12.3. The molecule has 5 rings (SSSR count). The van der Waals surface area contributed by atoms with E-state index >= 15 is 0 Å². The van der Waals surface area contributed by atoms with Crippen molar-refractivity contribution >= 4 is 29.1 Å². The van der Waals surface area contributed by atoms with E-state index in [1.165, 1.54) is 13.2 Å². The summed E-state index contributed by atoms with van der Waals surface area (Å²) in [7, 11) is 1.37. The predicted octanol–water partition coefficient (Wildman–Crippen LogP) is 5.62. The van der Waals surface area contributed by atoms with Gasteiger partial charge in [0.1, 0.15) is 10.8 Å². The molecule has 0 saturated heterocycles. The maximum absolute atomic E-state index is 14.3. The molecule has 2 aromatic heterocycles. The number of carbonyl (C=O) groups excluding carboxylic acids is 1. The summed E-state index contributed by atoms with van der Waals surface area (Å²) in [6.45, 7) is 0. The van der Waals surface area contributed by atoms with E-state index < -0.39 is 0 Å². The molecule has 0 atom stereocenters. The highest BCUT2D eigenvalue weighted by atomic mass is 32.2. The number of hydrogen-bond acceptors (Lipinski definition) is 7. The average molecular weight is 467 g/mol. The molecule has 1 fully saturated rings. The smallest absolute Gasteiger partial charge is 0.337 e. The van der Waals surface area contributed by atoms with Gasteiger partial charge in [0.2, 0.25) is 0 Å². The molecule has 162 valence electrons. The largest absolute Gasteiger partial charge is 0.465 e. The zero-order valence-electron chi connectivity index (χ0n) is 17.2. The first kappa shape index (κ1) is 20.8. The molecule has 0 unspecified atom stereocenters. The lowest BCUT2D eigenvalue weighted by molar-refractivity contribution is 0.0600. The van der Waals surface area contributed by atoms with Crippen LogP contribution >= 0.6 is 23.1 Å². The minimum atomic E-state index is -0.359. The maximum atomic E-state index is 14.3. The lowest BCUT2D eigenvalue weighted by atomic mass is 10.1. The Kier molecular flexibility index (Phi) is 5.75. The van der Waals surface area contributed by atoms with Crippen LogP contribution in [0.1, 0.15) is 34.9 Å². The summed E-state index contributed by atoms with van der Waals surface area (Å²) in [5.74, 6) is 0.569. The van der Waals surface area contributed by atoms with Gasteiger partial charge in [0.05, 0.1) is 23.9 Å². The van der Waals surface area contributed by atoms with E-state index in [2.05, 4.69) is 14.8 Å². The summed E-state index contributed by atoms with van der Waals surface area (Å²) in [6, 6.07) is 14.2. The highest BCUT2D eigenvalue weighted by Gasteiger charge is 2.31. The number of methoxy groups -OCH3 is 1. The molecule has 0 amide bonds. The highest BCUT2D eigenvalue weighted by molar-refractivity contribution is 7.98. The standard InChI is InChI=1S/C23H19FN4O2S2/c1-30-22(29)15-8-6-14(7-9-15)21-25-16(12-31-21)13-32-23-27-26-20(28(23)17-10-11-17)18-4-2-3-5-19(18)24/h2-9,12,17H,10-11,13H2,1H3. The summed E-state index contributed by atoms with van der Waals surface area (Å²) in [5.41, 5.74) is 2.87. The Morgan fingerprint density at radius 2 is 1.97 bits per heavy atom. The zero-order chi connectivity index (χ0) is 22.1. The molecule has 32 heavy (non-hydrogen) atoms. The van der Waals surface area contributed by atoms with Gasteiger partial charge in [-0.15, -0.1) is 21.5 Å². The third-order valence-electron chi connectivity index (χ3n) is 5.15. The molecule has 0 N–H and O–H groups in total. The molecule has 0 spiro atoms. The Morgan fingerprint density at radius 1 is 1.19 bits per heavy atom. The van der Waals surface area contributed by atoms with Crippen LogP contribution in [-0.4, -0.2) is 32.8 Å². The van der Waals surface area contributed by atoms with Gasteiger partial charge in [0.25, 0.3) is 0 Å². The van der Waals surface area contributed by atoms with E-state index in [0.717, 1.165) is 34.3 Å². The lowest BCUT2D eigenvalue weighted by Crippen LogP contribution is -2.01. The maximum Gasteiger partial charge on any atom is 0.337 e. The van der Waals surface area contributed by atoms with Crippen molar-refractivity contribution in [1.82, 2.24) is 19.7 Å². The van der Waals surface area contributed by atoms with Gasteiger partial charge in [-0.3, -0.25) is 4.57 Å². The van der Waals surface area contributed by atoms with Crippen molar-refractivity contribution in [1.29, 1.82) is 0 Å². The second kappa shape index (κ2) is 8.84. The number of esters is 1. The van der Waals surface area contributed by atoms with Crippen LogP contribution in [0.15, 0.2) is 59.1 Å².